The van der Waals surface area contributed by atoms with Crippen molar-refractivity contribution in [2.75, 3.05) is 31.6 Å². The summed E-state index contributed by atoms with van der Waals surface area (Å²) in [5.41, 5.74) is 1.64. The van der Waals surface area contributed by atoms with Crippen molar-refractivity contribution in [3.63, 3.8) is 0 Å². The van der Waals surface area contributed by atoms with Gasteiger partial charge >= 0.3 is 5.97 Å². The minimum absolute atomic E-state index is 0.213. The molecule has 2 aromatic rings. The summed E-state index contributed by atoms with van der Waals surface area (Å²) in [7, 11) is 0. The molecule has 0 aliphatic rings. The molecule has 0 bridgehead atoms. The van der Waals surface area contributed by atoms with Crippen LogP contribution in [-0.2, 0) is 4.74 Å². The van der Waals surface area contributed by atoms with Crippen molar-refractivity contribution < 1.29 is 19.2 Å². The van der Waals surface area contributed by atoms with Gasteiger partial charge < -0.3 is 15.0 Å². The molecule has 6 heteroatoms. The van der Waals surface area contributed by atoms with Gasteiger partial charge in [-0.25, -0.2) is 4.79 Å². The molecule has 5 nitrogen and oxygen atoms in total. The highest BCUT2D eigenvalue weighted by atomic mass is 79.9. The van der Waals surface area contributed by atoms with E-state index in [-0.39, 0.29) is 11.9 Å². The van der Waals surface area contributed by atoms with Gasteiger partial charge in [0.05, 0.1) is 24.2 Å². The Hall–Kier alpha value is -2.18. The lowest BCUT2D eigenvalue weighted by molar-refractivity contribution is -0.896. The maximum absolute atomic E-state index is 12.3. The van der Waals surface area contributed by atoms with E-state index in [1.165, 1.54) is 4.90 Å². The van der Waals surface area contributed by atoms with Gasteiger partial charge in [-0.05, 0) is 66.2 Å². The molecule has 0 fully saturated rings. The van der Waals surface area contributed by atoms with Crippen molar-refractivity contribution in [3.8, 4) is 0 Å². The lowest BCUT2D eigenvalue weighted by Gasteiger charge is -2.15. The first kappa shape index (κ1) is 20.1. The van der Waals surface area contributed by atoms with Crippen molar-refractivity contribution in [1.29, 1.82) is 0 Å². The number of esters is 1. The highest BCUT2D eigenvalue weighted by Gasteiger charge is 2.12. The zero-order valence-corrected chi connectivity index (χ0v) is 16.6. The molecular weight excluding hydrogens is 396 g/mol. The lowest BCUT2D eigenvalue weighted by Crippen LogP contribution is -3.11. The van der Waals surface area contributed by atoms with Crippen LogP contribution in [0.4, 0.5) is 5.69 Å². The van der Waals surface area contributed by atoms with Crippen LogP contribution in [-0.4, -0.2) is 38.1 Å². The predicted octanol–water partition coefficient (Wildman–Crippen LogP) is 2.78. The highest BCUT2D eigenvalue weighted by Crippen LogP contribution is 2.18. The normalized spacial score (nSPS) is 10.6. The van der Waals surface area contributed by atoms with E-state index in [9.17, 15) is 9.59 Å². The number of amides is 1. The standard InChI is InChI=1S/C20H23BrN2O3/c1-3-23(4-2)13-14-26-20(25)15-9-11-16(12-10-15)22-19(24)17-7-5-6-8-18(17)21/h5-12H,3-4,13-14H2,1-2H3,(H,22,24)/p+1. The number of nitrogens with one attached hydrogen (secondary N) is 2. The summed E-state index contributed by atoms with van der Waals surface area (Å²) < 4.78 is 6.04. The molecule has 0 spiro atoms. The van der Waals surface area contributed by atoms with E-state index < -0.39 is 0 Å². The summed E-state index contributed by atoms with van der Waals surface area (Å²) in [6, 6.07) is 13.9. The molecule has 0 unspecified atom stereocenters. The largest absolute Gasteiger partial charge is 0.456 e. The molecular formula is C20H24BrN2O3+. The monoisotopic (exact) mass is 419 g/mol. The summed E-state index contributed by atoms with van der Waals surface area (Å²) >= 11 is 3.36. The third-order valence-corrected chi connectivity index (χ3v) is 4.88. The van der Waals surface area contributed by atoms with Crippen molar-refractivity contribution in [1.82, 2.24) is 0 Å². The van der Waals surface area contributed by atoms with Crippen molar-refractivity contribution in [2.45, 2.75) is 13.8 Å². The summed E-state index contributed by atoms with van der Waals surface area (Å²) in [6.45, 7) is 7.46. The zero-order chi connectivity index (χ0) is 18.9. The predicted molar refractivity (Wildman–Crippen MR) is 106 cm³/mol. The van der Waals surface area contributed by atoms with Gasteiger partial charge in [-0.3, -0.25) is 4.79 Å². The maximum Gasteiger partial charge on any atom is 0.338 e. The minimum Gasteiger partial charge on any atom is -0.456 e. The lowest BCUT2D eigenvalue weighted by atomic mass is 10.2. The highest BCUT2D eigenvalue weighted by molar-refractivity contribution is 9.10. The van der Waals surface area contributed by atoms with Gasteiger partial charge in [0.1, 0.15) is 13.2 Å². The van der Waals surface area contributed by atoms with Crippen LogP contribution in [0.25, 0.3) is 0 Å². The van der Waals surface area contributed by atoms with E-state index in [0.717, 1.165) is 24.1 Å². The second kappa shape index (κ2) is 10.1. The van der Waals surface area contributed by atoms with Crippen molar-refractivity contribution in [2.24, 2.45) is 0 Å². The van der Waals surface area contributed by atoms with Gasteiger partial charge in [-0.2, -0.15) is 0 Å². The summed E-state index contributed by atoms with van der Waals surface area (Å²) in [4.78, 5) is 25.7. The van der Waals surface area contributed by atoms with Gasteiger partial charge in [0.2, 0.25) is 0 Å². The topological polar surface area (TPSA) is 59.8 Å². The number of ether oxygens (including phenoxy) is 1. The van der Waals surface area contributed by atoms with Gasteiger partial charge in [0, 0.05) is 10.2 Å². The molecule has 0 atom stereocenters. The number of rotatable bonds is 8. The molecule has 0 aliphatic carbocycles. The van der Waals surface area contributed by atoms with E-state index in [0.29, 0.717) is 23.4 Å². The van der Waals surface area contributed by atoms with Crippen LogP contribution < -0.4 is 10.2 Å². The molecule has 26 heavy (non-hydrogen) atoms. The first-order chi connectivity index (χ1) is 12.5. The van der Waals surface area contributed by atoms with Gasteiger partial charge in [-0.15, -0.1) is 0 Å². The SMILES string of the molecule is CC[NH+](CC)CCOC(=O)c1ccc(NC(=O)c2ccccc2Br)cc1. The van der Waals surface area contributed by atoms with E-state index in [1.54, 1.807) is 36.4 Å². The number of halogens is 1. The van der Waals surface area contributed by atoms with E-state index in [4.69, 9.17) is 4.74 Å². The molecule has 2 rings (SSSR count). The first-order valence-corrected chi connectivity index (χ1v) is 9.51. The molecule has 1 amide bonds. The second-order valence-corrected chi connectivity index (χ2v) is 6.71. The Morgan fingerprint density at radius 3 is 2.31 bits per heavy atom. The van der Waals surface area contributed by atoms with Gasteiger partial charge in [-0.1, -0.05) is 12.1 Å². The number of carbonyl (C=O) groups is 2. The number of anilines is 1. The molecule has 0 saturated carbocycles. The van der Waals surface area contributed by atoms with Crippen LogP contribution in [0.2, 0.25) is 0 Å². The molecule has 0 saturated heterocycles. The Labute approximate surface area is 162 Å². The Morgan fingerprint density at radius 2 is 1.69 bits per heavy atom. The summed E-state index contributed by atoms with van der Waals surface area (Å²) in [6.07, 6.45) is 0. The Balaban J connectivity index is 1.90. The number of carbonyl (C=O) groups excluding carboxylic acids is 2. The third-order valence-electron chi connectivity index (χ3n) is 4.19. The van der Waals surface area contributed by atoms with Crippen LogP contribution in [0, 0.1) is 0 Å². The quantitative estimate of drug-likeness (QED) is 0.646. The fourth-order valence-corrected chi connectivity index (χ4v) is 2.97. The number of likely N-dealkylation sites (N-methyl/N-ethyl adjacent to an activating group) is 1. The van der Waals surface area contributed by atoms with Crippen LogP contribution in [0.3, 0.4) is 0 Å². The van der Waals surface area contributed by atoms with Crippen LogP contribution in [0.15, 0.2) is 53.0 Å². The van der Waals surface area contributed by atoms with Crippen molar-refractivity contribution in [3.05, 3.63) is 64.1 Å². The Morgan fingerprint density at radius 1 is 1.04 bits per heavy atom. The van der Waals surface area contributed by atoms with Crippen LogP contribution >= 0.6 is 15.9 Å². The molecule has 2 N–H and O–H groups in total. The number of benzene rings is 2. The summed E-state index contributed by atoms with van der Waals surface area (Å²) in [5.74, 6) is -0.560. The third kappa shape index (κ3) is 5.68. The maximum atomic E-state index is 12.3. The van der Waals surface area contributed by atoms with E-state index >= 15 is 0 Å². The smallest absolute Gasteiger partial charge is 0.338 e. The van der Waals surface area contributed by atoms with Crippen molar-refractivity contribution >= 4 is 33.5 Å². The molecule has 0 heterocycles. The average molecular weight is 420 g/mol. The molecule has 0 radical (unpaired) electrons. The van der Waals surface area contributed by atoms with Gasteiger partial charge in [0.25, 0.3) is 5.91 Å². The molecule has 138 valence electrons. The van der Waals surface area contributed by atoms with Crippen LogP contribution in [0.5, 0.6) is 0 Å². The Kier molecular flexibility index (Phi) is 7.81. The summed E-state index contributed by atoms with van der Waals surface area (Å²) in [5, 5.41) is 2.81. The van der Waals surface area contributed by atoms with E-state index in [1.807, 2.05) is 12.1 Å². The molecule has 0 aromatic heterocycles. The fraction of sp³-hybridized carbons (Fsp3) is 0.300. The molecule has 0 aliphatic heterocycles. The Bertz CT molecular complexity index is 743. The fourth-order valence-electron chi connectivity index (χ4n) is 2.51. The average Bonchev–Trinajstić information content (AvgIpc) is 2.66. The number of hydrogen-bond donors (Lipinski definition) is 2. The zero-order valence-electron chi connectivity index (χ0n) is 15.0. The van der Waals surface area contributed by atoms with Gasteiger partial charge in [0.15, 0.2) is 0 Å². The number of quaternary nitrogens is 1. The minimum atomic E-state index is -0.347. The van der Waals surface area contributed by atoms with Crippen LogP contribution in [0.1, 0.15) is 34.6 Å². The number of hydrogen-bond acceptors (Lipinski definition) is 3. The molecule has 2 aromatic carbocycles. The second-order valence-electron chi connectivity index (χ2n) is 5.85. The van der Waals surface area contributed by atoms with E-state index in [2.05, 4.69) is 35.1 Å². The first-order valence-electron chi connectivity index (χ1n) is 8.71.